The molecule has 0 amide bonds. The van der Waals surface area contributed by atoms with Gasteiger partial charge in [0.15, 0.2) is 0 Å². The van der Waals surface area contributed by atoms with Crippen molar-refractivity contribution in [2.75, 3.05) is 13.7 Å². The molecule has 0 heterocycles. The first-order valence-electron chi connectivity index (χ1n) is 5.21. The quantitative estimate of drug-likeness (QED) is 0.595. The zero-order chi connectivity index (χ0) is 9.90. The smallest absolute Gasteiger partial charge is 0.0673 e. The van der Waals surface area contributed by atoms with Crippen molar-refractivity contribution in [1.29, 1.82) is 0 Å². The van der Waals surface area contributed by atoms with E-state index in [4.69, 9.17) is 4.74 Å². The molecule has 0 saturated carbocycles. The highest BCUT2D eigenvalue weighted by atomic mass is 16.5. The van der Waals surface area contributed by atoms with Crippen LogP contribution in [0.5, 0.6) is 0 Å². The van der Waals surface area contributed by atoms with E-state index in [0.29, 0.717) is 5.41 Å². The number of ether oxygens (including phenoxy) is 1. The van der Waals surface area contributed by atoms with Crippen LogP contribution in [0.15, 0.2) is 11.6 Å². The molecule has 0 fully saturated rings. The van der Waals surface area contributed by atoms with E-state index in [1.165, 1.54) is 24.8 Å². The molecule has 1 nitrogen and oxygen atoms in total. The Morgan fingerprint density at radius 1 is 1.46 bits per heavy atom. The van der Waals surface area contributed by atoms with E-state index in [0.717, 1.165) is 12.5 Å². The summed E-state index contributed by atoms with van der Waals surface area (Å²) in [4.78, 5) is 0. The second-order valence-corrected chi connectivity index (χ2v) is 5.14. The Bertz CT molecular complexity index is 186. The summed E-state index contributed by atoms with van der Waals surface area (Å²) in [5.41, 5.74) is 1.95. The van der Waals surface area contributed by atoms with Crippen LogP contribution in [0.4, 0.5) is 0 Å². The molecule has 1 aliphatic rings. The third kappa shape index (κ3) is 3.15. The number of rotatable bonds is 2. The molecule has 13 heavy (non-hydrogen) atoms. The number of methoxy groups -OCH3 is 1. The second-order valence-electron chi connectivity index (χ2n) is 5.14. The van der Waals surface area contributed by atoms with Gasteiger partial charge in [-0.25, -0.2) is 0 Å². The van der Waals surface area contributed by atoms with E-state index in [1.807, 2.05) is 0 Å². The summed E-state index contributed by atoms with van der Waals surface area (Å²) in [5, 5.41) is 0. The summed E-state index contributed by atoms with van der Waals surface area (Å²) in [7, 11) is 1.78. The van der Waals surface area contributed by atoms with Gasteiger partial charge in [0.1, 0.15) is 0 Å². The SMILES string of the molecule is COCC1=CCCC(C(C)(C)C)C1. The van der Waals surface area contributed by atoms with Crippen LogP contribution in [-0.4, -0.2) is 13.7 Å². The van der Waals surface area contributed by atoms with E-state index < -0.39 is 0 Å². The second kappa shape index (κ2) is 4.28. The maximum Gasteiger partial charge on any atom is 0.0673 e. The van der Waals surface area contributed by atoms with Crippen molar-refractivity contribution in [3.8, 4) is 0 Å². The minimum Gasteiger partial charge on any atom is -0.380 e. The average molecular weight is 182 g/mol. The maximum absolute atomic E-state index is 5.17. The normalized spacial score (nSPS) is 24.3. The lowest BCUT2D eigenvalue weighted by atomic mass is 9.72. The molecular weight excluding hydrogens is 160 g/mol. The van der Waals surface area contributed by atoms with Gasteiger partial charge < -0.3 is 4.74 Å². The molecule has 0 radical (unpaired) electrons. The summed E-state index contributed by atoms with van der Waals surface area (Å²) in [6.45, 7) is 7.85. The Balaban J connectivity index is 2.52. The van der Waals surface area contributed by atoms with Crippen molar-refractivity contribution >= 4 is 0 Å². The van der Waals surface area contributed by atoms with Crippen LogP contribution in [-0.2, 0) is 4.74 Å². The average Bonchev–Trinajstić information content (AvgIpc) is 2.04. The third-order valence-corrected chi connectivity index (χ3v) is 3.01. The number of allylic oxidation sites excluding steroid dienone is 1. The van der Waals surface area contributed by atoms with Gasteiger partial charge in [-0.05, 0) is 36.2 Å². The highest BCUT2D eigenvalue weighted by molar-refractivity contribution is 5.08. The van der Waals surface area contributed by atoms with Gasteiger partial charge in [-0.3, -0.25) is 0 Å². The van der Waals surface area contributed by atoms with Gasteiger partial charge in [0, 0.05) is 7.11 Å². The molecule has 0 saturated heterocycles. The molecule has 1 aliphatic carbocycles. The van der Waals surface area contributed by atoms with Crippen LogP contribution < -0.4 is 0 Å². The summed E-state index contributed by atoms with van der Waals surface area (Å²) in [6.07, 6.45) is 6.17. The van der Waals surface area contributed by atoms with Crippen molar-refractivity contribution in [3.05, 3.63) is 11.6 Å². The van der Waals surface area contributed by atoms with E-state index in [1.54, 1.807) is 7.11 Å². The lowest BCUT2D eigenvalue weighted by molar-refractivity contribution is 0.186. The Kier molecular flexibility index (Phi) is 3.55. The number of hydrogen-bond donors (Lipinski definition) is 0. The fourth-order valence-corrected chi connectivity index (χ4v) is 2.03. The molecule has 0 aliphatic heterocycles. The summed E-state index contributed by atoms with van der Waals surface area (Å²) in [6, 6.07) is 0. The summed E-state index contributed by atoms with van der Waals surface area (Å²) < 4.78 is 5.17. The fraction of sp³-hybridized carbons (Fsp3) is 0.833. The van der Waals surface area contributed by atoms with E-state index >= 15 is 0 Å². The molecule has 0 aromatic heterocycles. The topological polar surface area (TPSA) is 9.23 Å². The van der Waals surface area contributed by atoms with E-state index in [9.17, 15) is 0 Å². The zero-order valence-corrected chi connectivity index (χ0v) is 9.39. The Labute approximate surface area is 82.2 Å². The molecule has 0 aromatic carbocycles. The van der Waals surface area contributed by atoms with Crippen LogP contribution in [0.3, 0.4) is 0 Å². The predicted octanol–water partition coefficient (Wildman–Crippen LogP) is 3.41. The van der Waals surface area contributed by atoms with Crippen molar-refractivity contribution < 1.29 is 4.74 Å². The molecule has 1 rings (SSSR count). The third-order valence-electron chi connectivity index (χ3n) is 3.01. The molecule has 0 spiro atoms. The molecule has 1 heteroatoms. The summed E-state index contributed by atoms with van der Waals surface area (Å²) in [5.74, 6) is 0.836. The Morgan fingerprint density at radius 3 is 2.69 bits per heavy atom. The van der Waals surface area contributed by atoms with Crippen molar-refractivity contribution in [3.63, 3.8) is 0 Å². The molecule has 0 aromatic rings. The summed E-state index contributed by atoms with van der Waals surface area (Å²) >= 11 is 0. The first-order chi connectivity index (χ1) is 6.04. The molecule has 0 bridgehead atoms. The molecule has 76 valence electrons. The van der Waals surface area contributed by atoms with Crippen LogP contribution >= 0.6 is 0 Å². The van der Waals surface area contributed by atoms with Crippen molar-refractivity contribution in [1.82, 2.24) is 0 Å². The highest BCUT2D eigenvalue weighted by Crippen LogP contribution is 2.37. The van der Waals surface area contributed by atoms with Gasteiger partial charge in [-0.2, -0.15) is 0 Å². The Hall–Kier alpha value is -0.300. The minimum atomic E-state index is 0.452. The first kappa shape index (κ1) is 10.8. The predicted molar refractivity (Wildman–Crippen MR) is 56.8 cm³/mol. The van der Waals surface area contributed by atoms with Gasteiger partial charge in [-0.1, -0.05) is 26.8 Å². The molecular formula is C12H22O. The van der Waals surface area contributed by atoms with Gasteiger partial charge >= 0.3 is 0 Å². The zero-order valence-electron chi connectivity index (χ0n) is 9.39. The van der Waals surface area contributed by atoms with Crippen LogP contribution in [0.25, 0.3) is 0 Å². The standard InChI is InChI=1S/C12H22O/c1-12(2,3)11-7-5-6-10(8-11)9-13-4/h6,11H,5,7-9H2,1-4H3. The maximum atomic E-state index is 5.17. The lowest BCUT2D eigenvalue weighted by Gasteiger charge is -2.33. The van der Waals surface area contributed by atoms with Gasteiger partial charge in [0.05, 0.1) is 6.61 Å². The molecule has 1 unspecified atom stereocenters. The monoisotopic (exact) mass is 182 g/mol. The first-order valence-corrected chi connectivity index (χ1v) is 5.21. The van der Waals surface area contributed by atoms with E-state index in [2.05, 4.69) is 26.8 Å². The van der Waals surface area contributed by atoms with Gasteiger partial charge in [-0.15, -0.1) is 0 Å². The molecule has 1 atom stereocenters. The van der Waals surface area contributed by atoms with Gasteiger partial charge in [0.25, 0.3) is 0 Å². The van der Waals surface area contributed by atoms with Crippen LogP contribution in [0.1, 0.15) is 40.0 Å². The highest BCUT2D eigenvalue weighted by Gasteiger charge is 2.26. The largest absolute Gasteiger partial charge is 0.380 e. The van der Waals surface area contributed by atoms with Crippen LogP contribution in [0, 0.1) is 11.3 Å². The minimum absolute atomic E-state index is 0.452. The molecule has 0 N–H and O–H groups in total. The van der Waals surface area contributed by atoms with Crippen LogP contribution in [0.2, 0.25) is 0 Å². The fourth-order valence-electron chi connectivity index (χ4n) is 2.03. The Morgan fingerprint density at radius 2 is 2.15 bits per heavy atom. The lowest BCUT2D eigenvalue weighted by Crippen LogP contribution is -2.23. The van der Waals surface area contributed by atoms with Crippen molar-refractivity contribution in [2.24, 2.45) is 11.3 Å². The number of hydrogen-bond acceptors (Lipinski definition) is 1. The van der Waals surface area contributed by atoms with E-state index in [-0.39, 0.29) is 0 Å². The van der Waals surface area contributed by atoms with Gasteiger partial charge in [0.2, 0.25) is 0 Å². The van der Waals surface area contributed by atoms with Crippen molar-refractivity contribution in [2.45, 2.75) is 40.0 Å².